The molecule has 0 bridgehead atoms. The Kier molecular flexibility index (Phi) is 5.43. The summed E-state index contributed by atoms with van der Waals surface area (Å²) in [5, 5.41) is 8.56. The summed E-state index contributed by atoms with van der Waals surface area (Å²) in [5.74, 6) is -0.410. The van der Waals surface area contributed by atoms with E-state index in [1.165, 1.54) is 12.8 Å². The van der Waals surface area contributed by atoms with E-state index in [1.807, 2.05) is 0 Å². The average molecular weight is 170 g/mol. The minimum absolute atomic E-state index is 0.332. The Morgan fingerprint density at radius 3 is 2.58 bits per heavy atom. The third kappa shape index (κ3) is 4.94. The van der Waals surface area contributed by atoms with Crippen LogP contribution in [0.3, 0.4) is 0 Å². The molecule has 0 rings (SSSR count). The first kappa shape index (κ1) is 11.2. The second kappa shape index (κ2) is 5.81. The topological polar surface area (TPSA) is 37.3 Å². The highest BCUT2D eigenvalue weighted by Crippen LogP contribution is 2.16. The lowest BCUT2D eigenvalue weighted by Crippen LogP contribution is -2.04. The smallest absolute Gasteiger partial charge is 0.330 e. The lowest BCUT2D eigenvalue weighted by atomic mass is 9.97. The first-order valence-electron chi connectivity index (χ1n) is 4.49. The highest BCUT2D eigenvalue weighted by Gasteiger charge is 2.08. The van der Waals surface area contributed by atoms with Crippen molar-refractivity contribution >= 4 is 5.97 Å². The van der Waals surface area contributed by atoms with Crippen molar-refractivity contribution in [2.24, 2.45) is 5.92 Å². The van der Waals surface area contributed by atoms with E-state index in [2.05, 4.69) is 20.4 Å². The van der Waals surface area contributed by atoms with Crippen molar-refractivity contribution < 1.29 is 9.90 Å². The monoisotopic (exact) mass is 170 g/mol. The Labute approximate surface area is 74.3 Å². The van der Waals surface area contributed by atoms with E-state index in [9.17, 15) is 4.79 Å². The van der Waals surface area contributed by atoms with Gasteiger partial charge in [-0.15, -0.1) is 0 Å². The standard InChI is InChI=1S/C10H18O2/c1-4-5-6-8(2)7-9(3)10(11)12/h8H,3-7H2,1-2H3,(H,11,12). The predicted octanol–water partition coefficient (Wildman–Crippen LogP) is 2.84. The Bertz CT molecular complexity index is 161. The number of hydrogen-bond donors (Lipinski definition) is 1. The molecule has 0 aromatic carbocycles. The highest BCUT2D eigenvalue weighted by atomic mass is 16.4. The van der Waals surface area contributed by atoms with E-state index in [0.717, 1.165) is 6.42 Å². The minimum atomic E-state index is -0.863. The van der Waals surface area contributed by atoms with Crippen molar-refractivity contribution in [2.75, 3.05) is 0 Å². The molecule has 1 unspecified atom stereocenters. The van der Waals surface area contributed by atoms with Crippen molar-refractivity contribution in [3.8, 4) is 0 Å². The molecule has 1 N–H and O–H groups in total. The van der Waals surface area contributed by atoms with E-state index in [0.29, 0.717) is 17.9 Å². The van der Waals surface area contributed by atoms with Crippen LogP contribution in [0.1, 0.15) is 39.5 Å². The summed E-state index contributed by atoms with van der Waals surface area (Å²) in [4.78, 5) is 10.4. The van der Waals surface area contributed by atoms with Gasteiger partial charge in [-0.1, -0.05) is 39.7 Å². The molecule has 0 saturated heterocycles. The zero-order valence-electron chi connectivity index (χ0n) is 7.97. The molecule has 12 heavy (non-hydrogen) atoms. The lowest BCUT2D eigenvalue weighted by molar-refractivity contribution is -0.132. The van der Waals surface area contributed by atoms with E-state index < -0.39 is 5.97 Å². The van der Waals surface area contributed by atoms with Gasteiger partial charge in [0, 0.05) is 5.57 Å². The fourth-order valence-electron chi connectivity index (χ4n) is 1.16. The van der Waals surface area contributed by atoms with Crippen LogP contribution < -0.4 is 0 Å². The van der Waals surface area contributed by atoms with Gasteiger partial charge in [0.05, 0.1) is 0 Å². The quantitative estimate of drug-likeness (QED) is 0.622. The second-order valence-electron chi connectivity index (χ2n) is 3.36. The lowest BCUT2D eigenvalue weighted by Gasteiger charge is -2.09. The zero-order valence-corrected chi connectivity index (χ0v) is 7.97. The van der Waals surface area contributed by atoms with Crippen molar-refractivity contribution in [2.45, 2.75) is 39.5 Å². The fraction of sp³-hybridized carbons (Fsp3) is 0.700. The molecular formula is C10H18O2. The highest BCUT2D eigenvalue weighted by molar-refractivity contribution is 5.85. The van der Waals surface area contributed by atoms with Gasteiger partial charge in [0.15, 0.2) is 0 Å². The van der Waals surface area contributed by atoms with Crippen LogP contribution in [0.5, 0.6) is 0 Å². The molecule has 0 aromatic rings. The first-order chi connectivity index (χ1) is 5.57. The molecule has 0 aromatic heterocycles. The molecule has 70 valence electrons. The number of carboxylic acid groups (broad SMARTS) is 1. The Balaban J connectivity index is 3.61. The zero-order chi connectivity index (χ0) is 9.56. The van der Waals surface area contributed by atoms with Crippen LogP contribution in [-0.4, -0.2) is 11.1 Å². The molecule has 0 saturated carbocycles. The van der Waals surface area contributed by atoms with Crippen LogP contribution in [0.25, 0.3) is 0 Å². The first-order valence-corrected chi connectivity index (χ1v) is 4.49. The van der Waals surface area contributed by atoms with Crippen molar-refractivity contribution in [3.63, 3.8) is 0 Å². The molecule has 0 aliphatic rings. The van der Waals surface area contributed by atoms with Crippen LogP contribution >= 0.6 is 0 Å². The Morgan fingerprint density at radius 1 is 1.58 bits per heavy atom. The minimum Gasteiger partial charge on any atom is -0.478 e. The largest absolute Gasteiger partial charge is 0.478 e. The van der Waals surface area contributed by atoms with Crippen LogP contribution in [0, 0.1) is 5.92 Å². The SMILES string of the molecule is C=C(CC(C)CCCC)C(=O)O. The van der Waals surface area contributed by atoms with Crippen molar-refractivity contribution in [3.05, 3.63) is 12.2 Å². The van der Waals surface area contributed by atoms with Gasteiger partial charge in [0.1, 0.15) is 0 Å². The number of aliphatic carboxylic acids is 1. The van der Waals surface area contributed by atoms with Crippen LogP contribution in [-0.2, 0) is 4.79 Å². The number of carbonyl (C=O) groups is 1. The second-order valence-corrected chi connectivity index (χ2v) is 3.36. The molecule has 0 spiro atoms. The molecule has 2 nitrogen and oxygen atoms in total. The summed E-state index contributed by atoms with van der Waals surface area (Å²) in [6.07, 6.45) is 4.07. The summed E-state index contributed by atoms with van der Waals surface area (Å²) in [6.45, 7) is 7.71. The number of rotatable bonds is 6. The normalized spacial score (nSPS) is 12.5. The van der Waals surface area contributed by atoms with Crippen molar-refractivity contribution in [1.29, 1.82) is 0 Å². The molecule has 2 heteroatoms. The van der Waals surface area contributed by atoms with E-state index in [-0.39, 0.29) is 0 Å². The fourth-order valence-corrected chi connectivity index (χ4v) is 1.16. The number of hydrogen-bond acceptors (Lipinski definition) is 1. The summed E-state index contributed by atoms with van der Waals surface area (Å²) in [5.41, 5.74) is 0.332. The van der Waals surface area contributed by atoms with Crippen molar-refractivity contribution in [1.82, 2.24) is 0 Å². The van der Waals surface area contributed by atoms with Gasteiger partial charge in [-0.3, -0.25) is 0 Å². The average Bonchev–Trinajstić information content (AvgIpc) is 2.00. The maximum Gasteiger partial charge on any atom is 0.330 e. The van der Waals surface area contributed by atoms with Gasteiger partial charge >= 0.3 is 5.97 Å². The molecule has 0 radical (unpaired) electrons. The molecule has 0 heterocycles. The van der Waals surface area contributed by atoms with Gasteiger partial charge in [0.2, 0.25) is 0 Å². The molecule has 1 atom stereocenters. The van der Waals surface area contributed by atoms with E-state index in [4.69, 9.17) is 5.11 Å². The van der Waals surface area contributed by atoms with Gasteiger partial charge < -0.3 is 5.11 Å². The summed E-state index contributed by atoms with van der Waals surface area (Å²) < 4.78 is 0. The van der Waals surface area contributed by atoms with E-state index in [1.54, 1.807) is 0 Å². The predicted molar refractivity (Wildman–Crippen MR) is 50.1 cm³/mol. The third-order valence-corrected chi connectivity index (χ3v) is 1.95. The van der Waals surface area contributed by atoms with Gasteiger partial charge in [0.25, 0.3) is 0 Å². The summed E-state index contributed by atoms with van der Waals surface area (Å²) >= 11 is 0. The summed E-state index contributed by atoms with van der Waals surface area (Å²) in [7, 11) is 0. The van der Waals surface area contributed by atoms with Gasteiger partial charge in [-0.05, 0) is 12.3 Å². The van der Waals surface area contributed by atoms with E-state index >= 15 is 0 Å². The third-order valence-electron chi connectivity index (χ3n) is 1.95. The maximum atomic E-state index is 10.4. The molecule has 0 aliphatic carbocycles. The molecule has 0 fully saturated rings. The maximum absolute atomic E-state index is 10.4. The number of carboxylic acids is 1. The summed E-state index contributed by atoms with van der Waals surface area (Å²) in [6, 6.07) is 0. The Hall–Kier alpha value is -0.790. The molecule has 0 aliphatic heterocycles. The molecule has 0 amide bonds. The van der Waals surface area contributed by atoms with Gasteiger partial charge in [-0.25, -0.2) is 4.79 Å². The van der Waals surface area contributed by atoms with Gasteiger partial charge in [-0.2, -0.15) is 0 Å². The molecular weight excluding hydrogens is 152 g/mol. The van der Waals surface area contributed by atoms with Crippen LogP contribution in [0.2, 0.25) is 0 Å². The van der Waals surface area contributed by atoms with Crippen LogP contribution in [0.4, 0.5) is 0 Å². The van der Waals surface area contributed by atoms with Crippen LogP contribution in [0.15, 0.2) is 12.2 Å². The number of unbranched alkanes of at least 4 members (excludes halogenated alkanes) is 1. The Morgan fingerprint density at radius 2 is 2.17 bits per heavy atom.